The van der Waals surface area contributed by atoms with Gasteiger partial charge >= 0.3 is 5.97 Å². The highest BCUT2D eigenvalue weighted by molar-refractivity contribution is 5.69. The van der Waals surface area contributed by atoms with Crippen LogP contribution in [0, 0.1) is 6.92 Å². The number of methoxy groups -OCH3 is 1. The lowest BCUT2D eigenvalue weighted by atomic mass is 9.71. The lowest BCUT2D eigenvalue weighted by Crippen LogP contribution is -2.36. The predicted molar refractivity (Wildman–Crippen MR) is 71.7 cm³/mol. The van der Waals surface area contributed by atoms with E-state index in [1.165, 1.54) is 0 Å². The molecule has 19 heavy (non-hydrogen) atoms. The number of carboxylic acids is 1. The van der Waals surface area contributed by atoms with Gasteiger partial charge in [-0.25, -0.2) is 0 Å². The zero-order valence-corrected chi connectivity index (χ0v) is 11.4. The van der Waals surface area contributed by atoms with Crippen LogP contribution in [0.5, 0.6) is 5.75 Å². The number of aryl methyl sites for hydroxylation is 1. The molecular formula is C15H20O4. The molecule has 104 valence electrons. The van der Waals surface area contributed by atoms with Gasteiger partial charge in [0.15, 0.2) is 0 Å². The summed E-state index contributed by atoms with van der Waals surface area (Å²) in [7, 11) is 1.63. The number of hydrogen-bond donors (Lipinski definition) is 1. The van der Waals surface area contributed by atoms with Crippen molar-refractivity contribution in [2.75, 3.05) is 20.3 Å². The SMILES string of the molecule is COc1ccc(C)cc1C1(CC(=O)O)CCOCC1. The molecule has 0 atom stereocenters. The number of carboxylic acid groups (broad SMARTS) is 1. The lowest BCUT2D eigenvalue weighted by Gasteiger charge is -2.37. The van der Waals surface area contributed by atoms with E-state index in [-0.39, 0.29) is 11.8 Å². The van der Waals surface area contributed by atoms with Gasteiger partial charge in [-0.15, -0.1) is 0 Å². The summed E-state index contributed by atoms with van der Waals surface area (Å²) < 4.78 is 10.8. The van der Waals surface area contributed by atoms with Gasteiger partial charge in [-0.05, 0) is 25.8 Å². The van der Waals surface area contributed by atoms with Crippen LogP contribution in [-0.4, -0.2) is 31.4 Å². The van der Waals surface area contributed by atoms with E-state index < -0.39 is 5.97 Å². The minimum atomic E-state index is -0.773. The van der Waals surface area contributed by atoms with Crippen molar-refractivity contribution in [2.45, 2.75) is 31.6 Å². The van der Waals surface area contributed by atoms with Crippen LogP contribution in [0.25, 0.3) is 0 Å². The minimum absolute atomic E-state index is 0.121. The van der Waals surface area contributed by atoms with Crippen molar-refractivity contribution in [1.82, 2.24) is 0 Å². The molecule has 0 spiro atoms. The summed E-state index contributed by atoms with van der Waals surface area (Å²) in [6.07, 6.45) is 1.56. The number of aliphatic carboxylic acids is 1. The molecule has 0 saturated carbocycles. The maximum absolute atomic E-state index is 11.2. The fourth-order valence-electron chi connectivity index (χ4n) is 2.83. The second-order valence-electron chi connectivity index (χ2n) is 5.17. The number of hydrogen-bond acceptors (Lipinski definition) is 3. The molecule has 1 aliphatic rings. The zero-order valence-electron chi connectivity index (χ0n) is 11.4. The summed E-state index contributed by atoms with van der Waals surface area (Å²) >= 11 is 0. The molecule has 0 amide bonds. The number of benzene rings is 1. The Bertz CT molecular complexity index is 461. The van der Waals surface area contributed by atoms with E-state index in [9.17, 15) is 9.90 Å². The first-order valence-electron chi connectivity index (χ1n) is 6.52. The van der Waals surface area contributed by atoms with Gasteiger partial charge < -0.3 is 14.6 Å². The highest BCUT2D eigenvalue weighted by Crippen LogP contribution is 2.42. The van der Waals surface area contributed by atoms with Crippen LogP contribution in [0.1, 0.15) is 30.4 Å². The maximum atomic E-state index is 11.2. The molecule has 4 nitrogen and oxygen atoms in total. The molecule has 1 saturated heterocycles. The molecule has 0 aromatic heterocycles. The van der Waals surface area contributed by atoms with Crippen LogP contribution in [0.15, 0.2) is 18.2 Å². The molecular weight excluding hydrogens is 244 g/mol. The van der Waals surface area contributed by atoms with Crippen LogP contribution >= 0.6 is 0 Å². The fourth-order valence-corrected chi connectivity index (χ4v) is 2.83. The molecule has 0 radical (unpaired) electrons. The van der Waals surface area contributed by atoms with E-state index in [1.54, 1.807) is 7.11 Å². The molecule has 0 aliphatic carbocycles. The molecule has 2 rings (SSSR count). The van der Waals surface area contributed by atoms with Crippen molar-refractivity contribution < 1.29 is 19.4 Å². The first-order chi connectivity index (χ1) is 9.07. The van der Waals surface area contributed by atoms with Crippen molar-refractivity contribution in [3.05, 3.63) is 29.3 Å². The summed E-state index contributed by atoms with van der Waals surface area (Å²) in [5, 5.41) is 9.24. The Balaban J connectivity index is 2.47. The van der Waals surface area contributed by atoms with Gasteiger partial charge in [0.05, 0.1) is 13.5 Å². The third-order valence-corrected chi connectivity index (χ3v) is 3.87. The van der Waals surface area contributed by atoms with Crippen LogP contribution in [-0.2, 0) is 14.9 Å². The summed E-state index contributed by atoms with van der Waals surface area (Å²) in [6.45, 7) is 3.21. The van der Waals surface area contributed by atoms with E-state index in [4.69, 9.17) is 9.47 Å². The minimum Gasteiger partial charge on any atom is -0.496 e. The van der Waals surface area contributed by atoms with Crippen molar-refractivity contribution in [3.63, 3.8) is 0 Å². The zero-order chi connectivity index (χ0) is 13.9. The number of carbonyl (C=O) groups is 1. The Morgan fingerprint density at radius 1 is 1.42 bits per heavy atom. The summed E-state index contributed by atoms with van der Waals surface area (Å²) in [6, 6.07) is 5.95. The lowest BCUT2D eigenvalue weighted by molar-refractivity contribution is -0.139. The average Bonchev–Trinajstić information content (AvgIpc) is 2.39. The highest BCUT2D eigenvalue weighted by Gasteiger charge is 2.38. The molecule has 1 N–H and O–H groups in total. The van der Waals surface area contributed by atoms with Gasteiger partial charge in [0.1, 0.15) is 5.75 Å². The smallest absolute Gasteiger partial charge is 0.304 e. The number of rotatable bonds is 4. The quantitative estimate of drug-likeness (QED) is 0.908. The monoisotopic (exact) mass is 264 g/mol. The Kier molecular flexibility index (Phi) is 4.10. The third kappa shape index (κ3) is 2.89. The summed E-state index contributed by atoms with van der Waals surface area (Å²) in [4.78, 5) is 11.2. The van der Waals surface area contributed by atoms with Crippen LogP contribution in [0.3, 0.4) is 0 Å². The highest BCUT2D eigenvalue weighted by atomic mass is 16.5. The van der Waals surface area contributed by atoms with Crippen molar-refractivity contribution >= 4 is 5.97 Å². The summed E-state index contributed by atoms with van der Waals surface area (Å²) in [5.41, 5.74) is 1.74. The summed E-state index contributed by atoms with van der Waals surface area (Å²) in [5.74, 6) is -0.000732. The molecule has 4 heteroatoms. The van der Waals surface area contributed by atoms with Crippen LogP contribution in [0.2, 0.25) is 0 Å². The van der Waals surface area contributed by atoms with Crippen LogP contribution < -0.4 is 4.74 Å². The van der Waals surface area contributed by atoms with Gasteiger partial charge in [-0.3, -0.25) is 4.79 Å². The standard InChI is InChI=1S/C15H20O4/c1-11-3-4-13(18-2)12(9-11)15(10-14(16)17)5-7-19-8-6-15/h3-4,9H,5-8,10H2,1-2H3,(H,16,17). The molecule has 1 heterocycles. The Morgan fingerprint density at radius 3 is 2.68 bits per heavy atom. The van der Waals surface area contributed by atoms with Crippen molar-refractivity contribution in [1.29, 1.82) is 0 Å². The molecule has 1 aliphatic heterocycles. The Hall–Kier alpha value is -1.55. The normalized spacial score (nSPS) is 18.0. The topological polar surface area (TPSA) is 55.8 Å². The maximum Gasteiger partial charge on any atom is 0.304 e. The van der Waals surface area contributed by atoms with E-state index in [0.717, 1.165) is 29.7 Å². The predicted octanol–water partition coefficient (Wildman–Crippen LogP) is 2.53. The largest absolute Gasteiger partial charge is 0.496 e. The van der Waals surface area contributed by atoms with Gasteiger partial charge in [-0.2, -0.15) is 0 Å². The van der Waals surface area contributed by atoms with Crippen molar-refractivity contribution in [3.8, 4) is 5.75 Å². The van der Waals surface area contributed by atoms with E-state index in [1.807, 2.05) is 25.1 Å². The second-order valence-corrected chi connectivity index (χ2v) is 5.17. The van der Waals surface area contributed by atoms with Gasteiger partial charge in [0.25, 0.3) is 0 Å². The second kappa shape index (κ2) is 5.61. The van der Waals surface area contributed by atoms with E-state index in [0.29, 0.717) is 13.2 Å². The number of ether oxygens (including phenoxy) is 2. The molecule has 0 unspecified atom stereocenters. The van der Waals surface area contributed by atoms with Gasteiger partial charge in [-0.1, -0.05) is 17.7 Å². The first-order valence-corrected chi connectivity index (χ1v) is 6.52. The first kappa shape index (κ1) is 13.9. The molecule has 0 bridgehead atoms. The van der Waals surface area contributed by atoms with Crippen molar-refractivity contribution in [2.24, 2.45) is 0 Å². The van der Waals surface area contributed by atoms with E-state index >= 15 is 0 Å². The molecule has 1 fully saturated rings. The average molecular weight is 264 g/mol. The Labute approximate surface area is 113 Å². The van der Waals surface area contributed by atoms with E-state index in [2.05, 4.69) is 0 Å². The van der Waals surface area contributed by atoms with Gasteiger partial charge in [0, 0.05) is 24.2 Å². The Morgan fingerprint density at radius 2 is 2.11 bits per heavy atom. The van der Waals surface area contributed by atoms with Crippen LogP contribution in [0.4, 0.5) is 0 Å². The van der Waals surface area contributed by atoms with Gasteiger partial charge in [0.2, 0.25) is 0 Å². The molecule has 1 aromatic rings. The fraction of sp³-hybridized carbons (Fsp3) is 0.533. The third-order valence-electron chi connectivity index (χ3n) is 3.87. The molecule has 1 aromatic carbocycles.